The van der Waals surface area contributed by atoms with E-state index in [2.05, 4.69) is 41.5 Å². The molecule has 122 valence electrons. The van der Waals surface area contributed by atoms with Gasteiger partial charge < -0.3 is 15.5 Å². The molecule has 1 saturated carbocycles. The van der Waals surface area contributed by atoms with Crippen LogP contribution in [0.5, 0.6) is 0 Å². The van der Waals surface area contributed by atoms with Crippen molar-refractivity contribution in [3.8, 4) is 0 Å². The zero-order valence-electron chi connectivity index (χ0n) is 13.8. The van der Waals surface area contributed by atoms with Gasteiger partial charge in [0.1, 0.15) is 5.82 Å². The Morgan fingerprint density at radius 2 is 1.95 bits per heavy atom. The monoisotopic (exact) mass is 306 g/mol. The topological polar surface area (TPSA) is 39.7 Å². The summed E-state index contributed by atoms with van der Waals surface area (Å²) >= 11 is 0. The van der Waals surface area contributed by atoms with Crippen molar-refractivity contribution in [3.05, 3.63) is 35.6 Å². The minimum absolute atomic E-state index is 0.212. The molecule has 1 atom stereocenters. The summed E-state index contributed by atoms with van der Waals surface area (Å²) in [4.78, 5) is 6.86. The van der Waals surface area contributed by atoms with Crippen molar-refractivity contribution < 1.29 is 4.39 Å². The largest absolute Gasteiger partial charge is 0.357 e. The molecule has 22 heavy (non-hydrogen) atoms. The molecule has 0 spiro atoms. The summed E-state index contributed by atoms with van der Waals surface area (Å²) < 4.78 is 12.9. The fourth-order valence-electron chi connectivity index (χ4n) is 2.56. The van der Waals surface area contributed by atoms with Crippen molar-refractivity contribution in [2.24, 2.45) is 10.9 Å². The van der Waals surface area contributed by atoms with Gasteiger partial charge in [-0.05, 0) is 57.5 Å². The van der Waals surface area contributed by atoms with Gasteiger partial charge in [-0.25, -0.2) is 9.38 Å². The predicted molar refractivity (Wildman–Crippen MR) is 89.4 cm³/mol. The van der Waals surface area contributed by atoms with Gasteiger partial charge >= 0.3 is 0 Å². The van der Waals surface area contributed by atoms with Crippen molar-refractivity contribution in [1.29, 1.82) is 0 Å². The fourth-order valence-corrected chi connectivity index (χ4v) is 2.56. The molecule has 0 bridgehead atoms. The molecule has 1 unspecified atom stereocenters. The quantitative estimate of drug-likeness (QED) is 0.599. The molecule has 5 heteroatoms. The number of nitrogens with one attached hydrogen (secondary N) is 2. The normalized spacial score (nSPS) is 16.7. The lowest BCUT2D eigenvalue weighted by Gasteiger charge is -2.25. The fraction of sp³-hybridized carbons (Fsp3) is 0.588. The first-order chi connectivity index (χ1) is 10.6. The van der Waals surface area contributed by atoms with E-state index >= 15 is 0 Å². The van der Waals surface area contributed by atoms with Gasteiger partial charge in [-0.2, -0.15) is 0 Å². The number of nitrogens with zero attached hydrogens (tertiary/aromatic N) is 2. The van der Waals surface area contributed by atoms with Crippen LogP contribution in [0.3, 0.4) is 0 Å². The van der Waals surface area contributed by atoms with Gasteiger partial charge in [-0.3, -0.25) is 0 Å². The lowest BCUT2D eigenvalue weighted by Crippen LogP contribution is -2.46. The smallest absolute Gasteiger partial charge is 0.191 e. The van der Waals surface area contributed by atoms with Crippen molar-refractivity contribution in [2.45, 2.75) is 32.4 Å². The van der Waals surface area contributed by atoms with E-state index in [9.17, 15) is 4.39 Å². The van der Waals surface area contributed by atoms with Crippen molar-refractivity contribution in [2.75, 3.05) is 27.2 Å². The Hall–Kier alpha value is -1.62. The molecule has 1 aliphatic carbocycles. The number of rotatable bonds is 7. The summed E-state index contributed by atoms with van der Waals surface area (Å²) in [6, 6.07) is 7.04. The summed E-state index contributed by atoms with van der Waals surface area (Å²) in [5.74, 6) is 1.41. The predicted octanol–water partition coefficient (Wildman–Crippen LogP) is 2.22. The molecule has 0 amide bonds. The molecule has 1 aromatic rings. The summed E-state index contributed by atoms with van der Waals surface area (Å²) in [6.07, 6.45) is 2.65. The summed E-state index contributed by atoms with van der Waals surface area (Å²) in [6.45, 7) is 4.32. The van der Waals surface area contributed by atoms with Crippen LogP contribution in [-0.2, 0) is 6.54 Å². The first-order valence-corrected chi connectivity index (χ1v) is 8.03. The number of guanidine groups is 1. The lowest BCUT2D eigenvalue weighted by atomic mass is 10.1. The van der Waals surface area contributed by atoms with Crippen LogP contribution in [0.4, 0.5) is 4.39 Å². The molecular formula is C17H27FN4. The SMILES string of the molecule is CCNC(=NCc1ccc(F)cc1)NCC(C1CC1)N(C)C. The Morgan fingerprint density at radius 1 is 1.27 bits per heavy atom. The molecule has 2 N–H and O–H groups in total. The first kappa shape index (κ1) is 16.7. The highest BCUT2D eigenvalue weighted by Crippen LogP contribution is 2.34. The number of benzene rings is 1. The van der Waals surface area contributed by atoms with Crippen LogP contribution in [0.2, 0.25) is 0 Å². The molecule has 0 radical (unpaired) electrons. The standard InChI is InChI=1S/C17H27FN4/c1-4-19-17(20-11-13-5-9-15(18)10-6-13)21-12-16(22(2)3)14-7-8-14/h5-6,9-10,14,16H,4,7-8,11-12H2,1-3H3,(H2,19,20,21). The van der Waals surface area contributed by atoms with Crippen molar-refractivity contribution >= 4 is 5.96 Å². The second kappa shape index (κ2) is 8.13. The van der Waals surface area contributed by atoms with Gasteiger partial charge in [0.2, 0.25) is 0 Å². The molecule has 1 fully saturated rings. The van der Waals surface area contributed by atoms with Crippen molar-refractivity contribution in [1.82, 2.24) is 15.5 Å². The maximum atomic E-state index is 12.9. The molecular weight excluding hydrogens is 279 g/mol. The zero-order chi connectivity index (χ0) is 15.9. The number of aliphatic imine (C=N–C) groups is 1. The van der Waals surface area contributed by atoms with Gasteiger partial charge in [0.15, 0.2) is 5.96 Å². The Labute approximate surface area is 132 Å². The molecule has 0 aliphatic heterocycles. The van der Waals surface area contributed by atoms with E-state index < -0.39 is 0 Å². The van der Waals surface area contributed by atoms with Gasteiger partial charge in [-0.1, -0.05) is 12.1 Å². The van der Waals surface area contributed by atoms with Gasteiger partial charge in [0.05, 0.1) is 6.54 Å². The number of likely N-dealkylation sites (N-methyl/N-ethyl adjacent to an activating group) is 1. The number of hydrogen-bond donors (Lipinski definition) is 2. The third-order valence-electron chi connectivity index (χ3n) is 3.99. The maximum Gasteiger partial charge on any atom is 0.191 e. The van der Waals surface area contributed by atoms with E-state index in [1.165, 1.54) is 25.0 Å². The maximum absolute atomic E-state index is 12.9. The Balaban J connectivity index is 1.90. The molecule has 0 aromatic heterocycles. The summed E-state index contributed by atoms with van der Waals surface area (Å²) in [5.41, 5.74) is 1.00. The van der Waals surface area contributed by atoms with E-state index in [0.717, 1.165) is 30.5 Å². The third kappa shape index (κ3) is 5.30. The molecule has 1 aromatic carbocycles. The van der Waals surface area contributed by atoms with Crippen molar-refractivity contribution in [3.63, 3.8) is 0 Å². The highest BCUT2D eigenvalue weighted by molar-refractivity contribution is 5.79. The van der Waals surface area contributed by atoms with Crippen LogP contribution >= 0.6 is 0 Å². The highest BCUT2D eigenvalue weighted by atomic mass is 19.1. The van der Waals surface area contributed by atoms with E-state index in [1.807, 2.05) is 0 Å². The van der Waals surface area contributed by atoms with Gasteiger partial charge in [-0.15, -0.1) is 0 Å². The second-order valence-corrected chi connectivity index (χ2v) is 6.07. The first-order valence-electron chi connectivity index (χ1n) is 8.03. The number of halogens is 1. The van der Waals surface area contributed by atoms with Gasteiger partial charge in [0.25, 0.3) is 0 Å². The molecule has 4 nitrogen and oxygen atoms in total. The average molecular weight is 306 g/mol. The third-order valence-corrected chi connectivity index (χ3v) is 3.99. The van der Waals surface area contributed by atoms with Crippen LogP contribution in [0.25, 0.3) is 0 Å². The number of hydrogen-bond acceptors (Lipinski definition) is 2. The Kier molecular flexibility index (Phi) is 6.19. The Morgan fingerprint density at radius 3 is 2.50 bits per heavy atom. The average Bonchev–Trinajstić information content (AvgIpc) is 3.31. The molecule has 1 aliphatic rings. The van der Waals surface area contributed by atoms with Crippen LogP contribution in [0.15, 0.2) is 29.3 Å². The van der Waals surface area contributed by atoms with E-state index in [4.69, 9.17) is 0 Å². The van der Waals surface area contributed by atoms with E-state index in [-0.39, 0.29) is 5.82 Å². The van der Waals surface area contributed by atoms with Crippen LogP contribution in [0, 0.1) is 11.7 Å². The lowest BCUT2D eigenvalue weighted by molar-refractivity contribution is 0.264. The summed E-state index contributed by atoms with van der Waals surface area (Å²) in [7, 11) is 4.26. The zero-order valence-corrected chi connectivity index (χ0v) is 13.8. The Bertz CT molecular complexity index is 478. The minimum Gasteiger partial charge on any atom is -0.357 e. The second-order valence-electron chi connectivity index (χ2n) is 6.07. The molecule has 0 heterocycles. The highest BCUT2D eigenvalue weighted by Gasteiger charge is 2.32. The van der Waals surface area contributed by atoms with Crippen LogP contribution in [-0.4, -0.2) is 44.1 Å². The van der Waals surface area contributed by atoms with Gasteiger partial charge in [0, 0.05) is 19.1 Å². The molecule has 0 saturated heterocycles. The van der Waals surface area contributed by atoms with E-state index in [1.54, 1.807) is 12.1 Å². The van der Waals surface area contributed by atoms with Crippen LogP contribution < -0.4 is 10.6 Å². The minimum atomic E-state index is -0.212. The van der Waals surface area contributed by atoms with Crippen LogP contribution in [0.1, 0.15) is 25.3 Å². The molecule has 2 rings (SSSR count). The summed E-state index contributed by atoms with van der Waals surface area (Å²) in [5, 5.41) is 6.69. The van der Waals surface area contributed by atoms with E-state index in [0.29, 0.717) is 12.6 Å².